The number of pyridine rings is 1. The van der Waals surface area contributed by atoms with Crippen LogP contribution in [0.5, 0.6) is 0 Å². The lowest BCUT2D eigenvalue weighted by molar-refractivity contribution is 0.102. The van der Waals surface area contributed by atoms with Crippen LogP contribution < -0.4 is 5.32 Å². The fraction of sp³-hybridized carbons (Fsp3) is 0.0909. The van der Waals surface area contributed by atoms with Gasteiger partial charge in [-0.1, -0.05) is 36.5 Å². The average Bonchev–Trinajstić information content (AvgIpc) is 2.73. The molecule has 0 aliphatic heterocycles. The van der Waals surface area contributed by atoms with Crippen LogP contribution in [0.2, 0.25) is 0 Å². The minimum Gasteiger partial charge on any atom is -0.305 e. The number of hydrogen-bond acceptors (Lipinski definition) is 5. The van der Waals surface area contributed by atoms with Crippen LogP contribution in [0.1, 0.15) is 28.4 Å². The van der Waals surface area contributed by atoms with Crippen LogP contribution in [-0.4, -0.2) is 20.9 Å². The molecule has 0 aliphatic carbocycles. The molecule has 1 amide bonds. The molecule has 0 unspecified atom stereocenters. The summed E-state index contributed by atoms with van der Waals surface area (Å²) in [5, 5.41) is 4.33. The number of amides is 1. The van der Waals surface area contributed by atoms with Crippen LogP contribution in [0.25, 0.3) is 16.2 Å². The number of aryl methyl sites for hydroxylation is 1. The van der Waals surface area contributed by atoms with Gasteiger partial charge in [0.2, 0.25) is 0 Å². The van der Waals surface area contributed by atoms with Crippen LogP contribution in [0.3, 0.4) is 0 Å². The van der Waals surface area contributed by atoms with Gasteiger partial charge in [-0.05, 0) is 42.5 Å². The number of anilines is 1. The molecule has 29 heavy (non-hydrogen) atoms. The average molecular weight is 406 g/mol. The molecule has 0 saturated carbocycles. The Kier molecular flexibility index (Phi) is 6.51. The smallest absolute Gasteiger partial charge is 0.259 e. The molecule has 3 aromatic rings. The monoisotopic (exact) mass is 406 g/mol. The highest BCUT2D eigenvalue weighted by Crippen LogP contribution is 2.32. The number of aromatic nitrogens is 3. The van der Waals surface area contributed by atoms with Gasteiger partial charge in [-0.15, -0.1) is 0 Å². The number of benzene rings is 1. The minimum atomic E-state index is -0.695. The third-order valence-corrected chi connectivity index (χ3v) is 5.07. The summed E-state index contributed by atoms with van der Waals surface area (Å²) >= 11 is 1.55. The lowest BCUT2D eigenvalue weighted by atomic mass is 10.0. The summed E-state index contributed by atoms with van der Waals surface area (Å²) in [6.45, 7) is 7.75. The zero-order valence-electron chi connectivity index (χ0n) is 16.0. The highest BCUT2D eigenvalue weighted by molar-refractivity contribution is 8.10. The van der Waals surface area contributed by atoms with Gasteiger partial charge in [0.05, 0.1) is 29.8 Å². The molecule has 0 spiro atoms. The first-order valence-corrected chi connectivity index (χ1v) is 9.69. The summed E-state index contributed by atoms with van der Waals surface area (Å²) in [5.74, 6) is -1.07. The van der Waals surface area contributed by atoms with E-state index >= 15 is 0 Å². The molecule has 0 atom stereocenters. The summed E-state index contributed by atoms with van der Waals surface area (Å²) in [7, 11) is 0. The van der Waals surface area contributed by atoms with Gasteiger partial charge < -0.3 is 5.32 Å². The van der Waals surface area contributed by atoms with Gasteiger partial charge in [0.1, 0.15) is 0 Å². The van der Waals surface area contributed by atoms with Gasteiger partial charge in [-0.2, -0.15) is 0 Å². The van der Waals surface area contributed by atoms with E-state index in [2.05, 4.69) is 39.0 Å². The van der Waals surface area contributed by atoms with E-state index < -0.39 is 11.7 Å². The number of nitrogens with zero attached hydrogens (tertiary/aromatic N) is 3. The Labute approximate surface area is 172 Å². The second kappa shape index (κ2) is 9.25. The van der Waals surface area contributed by atoms with Crippen molar-refractivity contribution in [2.45, 2.75) is 13.8 Å². The van der Waals surface area contributed by atoms with Crippen LogP contribution >= 0.6 is 11.8 Å². The molecular formula is C22H19FN4OS. The zero-order chi connectivity index (χ0) is 20.8. The summed E-state index contributed by atoms with van der Waals surface area (Å²) in [6, 6.07) is 7.44. The van der Waals surface area contributed by atoms with Crippen molar-refractivity contribution < 1.29 is 9.18 Å². The Morgan fingerprint density at radius 1 is 1.21 bits per heavy atom. The first-order chi connectivity index (χ1) is 14.0. The molecule has 0 aliphatic rings. The quantitative estimate of drug-likeness (QED) is 0.587. The van der Waals surface area contributed by atoms with Gasteiger partial charge in [-0.25, -0.2) is 9.37 Å². The summed E-state index contributed by atoms with van der Waals surface area (Å²) < 4.78 is 13.7. The van der Waals surface area contributed by atoms with E-state index in [-0.39, 0.29) is 11.4 Å². The van der Waals surface area contributed by atoms with Crippen molar-refractivity contribution in [2.24, 2.45) is 0 Å². The van der Waals surface area contributed by atoms with E-state index in [1.165, 1.54) is 18.5 Å². The summed E-state index contributed by atoms with van der Waals surface area (Å²) in [5.41, 5.74) is 3.63. The number of allylic oxidation sites excluding steroid dienone is 1. The maximum absolute atomic E-state index is 13.7. The SMILES string of the molecule is C=CS/C(=C\C)c1ccc(C)c(-c2cnc(NC(=O)c3ccncc3F)cn2)c1. The third kappa shape index (κ3) is 4.75. The molecule has 0 fully saturated rings. The standard InChI is InChI=1S/C22H19FN4OS/c1-4-20(29-5-2)15-7-6-14(3)17(10-15)19-12-26-21(13-25-19)27-22(28)16-8-9-24-11-18(16)23/h4-13H,2H2,1,3H3,(H,26,27,28)/b20-4-. The number of rotatable bonds is 6. The Morgan fingerprint density at radius 3 is 2.69 bits per heavy atom. The molecule has 2 heterocycles. The van der Waals surface area contributed by atoms with Crippen molar-refractivity contribution >= 4 is 28.4 Å². The van der Waals surface area contributed by atoms with E-state index in [9.17, 15) is 9.18 Å². The second-order valence-corrected chi connectivity index (χ2v) is 7.07. The van der Waals surface area contributed by atoms with Gasteiger partial charge in [0, 0.05) is 16.7 Å². The fourth-order valence-corrected chi connectivity index (χ4v) is 3.30. The van der Waals surface area contributed by atoms with Crippen molar-refractivity contribution in [3.8, 4) is 11.3 Å². The zero-order valence-corrected chi connectivity index (χ0v) is 16.8. The van der Waals surface area contributed by atoms with Crippen LogP contribution in [0.4, 0.5) is 10.2 Å². The number of carbonyl (C=O) groups excluding carboxylic acids is 1. The van der Waals surface area contributed by atoms with E-state index in [4.69, 9.17) is 0 Å². The van der Waals surface area contributed by atoms with Crippen LogP contribution in [0.15, 0.2) is 67.1 Å². The topological polar surface area (TPSA) is 67.8 Å². The number of hydrogen-bond donors (Lipinski definition) is 1. The van der Waals surface area contributed by atoms with Crippen molar-refractivity contribution in [3.63, 3.8) is 0 Å². The van der Waals surface area contributed by atoms with Gasteiger partial charge >= 0.3 is 0 Å². The highest BCUT2D eigenvalue weighted by Gasteiger charge is 2.13. The molecule has 0 radical (unpaired) electrons. The third-order valence-electron chi connectivity index (χ3n) is 4.18. The van der Waals surface area contributed by atoms with Crippen LogP contribution in [0, 0.1) is 12.7 Å². The molecule has 0 saturated heterocycles. The summed E-state index contributed by atoms with van der Waals surface area (Å²) in [4.78, 5) is 25.6. The number of carbonyl (C=O) groups is 1. The molecule has 1 aromatic carbocycles. The van der Waals surface area contributed by atoms with Crippen molar-refractivity contribution in [1.82, 2.24) is 15.0 Å². The molecular weight excluding hydrogens is 387 g/mol. The molecule has 3 rings (SSSR count). The van der Waals surface area contributed by atoms with Crippen molar-refractivity contribution in [3.05, 3.63) is 89.6 Å². The molecule has 7 heteroatoms. The summed E-state index contributed by atoms with van der Waals surface area (Å²) in [6.07, 6.45) is 7.41. The first kappa shape index (κ1) is 20.4. The van der Waals surface area contributed by atoms with E-state index in [0.29, 0.717) is 5.69 Å². The van der Waals surface area contributed by atoms with E-state index in [1.54, 1.807) is 23.4 Å². The molecule has 1 N–H and O–H groups in total. The second-order valence-electron chi connectivity index (χ2n) is 6.06. The minimum absolute atomic E-state index is 0.104. The molecule has 146 valence electrons. The normalized spacial score (nSPS) is 11.2. The van der Waals surface area contributed by atoms with Crippen LogP contribution in [-0.2, 0) is 0 Å². The number of nitrogens with one attached hydrogen (secondary N) is 1. The molecule has 2 aromatic heterocycles. The predicted octanol–water partition coefficient (Wildman–Crippen LogP) is 5.48. The maximum Gasteiger partial charge on any atom is 0.259 e. The van der Waals surface area contributed by atoms with Crippen molar-refractivity contribution in [1.29, 1.82) is 0 Å². The molecule has 0 bridgehead atoms. The molecule has 5 nitrogen and oxygen atoms in total. The fourth-order valence-electron chi connectivity index (χ4n) is 2.72. The van der Waals surface area contributed by atoms with E-state index in [1.807, 2.05) is 26.0 Å². The lowest BCUT2D eigenvalue weighted by Crippen LogP contribution is -2.15. The Hall–Kier alpha value is -3.32. The van der Waals surface area contributed by atoms with Gasteiger partial charge in [-0.3, -0.25) is 14.8 Å². The Balaban J connectivity index is 1.84. The highest BCUT2D eigenvalue weighted by atomic mass is 32.2. The Bertz CT molecular complexity index is 1080. The maximum atomic E-state index is 13.7. The van der Waals surface area contributed by atoms with E-state index in [0.717, 1.165) is 27.8 Å². The van der Waals surface area contributed by atoms with Crippen molar-refractivity contribution in [2.75, 3.05) is 5.32 Å². The Morgan fingerprint density at radius 2 is 2.03 bits per heavy atom. The number of halogens is 1. The lowest BCUT2D eigenvalue weighted by Gasteiger charge is -2.11. The predicted molar refractivity (Wildman–Crippen MR) is 116 cm³/mol. The van der Waals surface area contributed by atoms with Gasteiger partial charge in [0.15, 0.2) is 11.6 Å². The largest absolute Gasteiger partial charge is 0.305 e. The first-order valence-electron chi connectivity index (χ1n) is 8.81. The number of thioether (sulfide) groups is 1. The van der Waals surface area contributed by atoms with Gasteiger partial charge in [0.25, 0.3) is 5.91 Å².